The van der Waals surface area contributed by atoms with Crippen LogP contribution in [0.25, 0.3) is 21.5 Å². The topological polar surface area (TPSA) is 77.0 Å². The molecular weight excluding hydrogens is 428 g/mol. The number of methoxy groups -OCH3 is 1. The molecule has 4 rings (SSSR count). The van der Waals surface area contributed by atoms with Crippen LogP contribution in [0.15, 0.2) is 47.5 Å². The van der Waals surface area contributed by atoms with Crippen molar-refractivity contribution < 1.29 is 9.53 Å². The fourth-order valence-corrected chi connectivity index (χ4v) is 5.07. The molecule has 2 aromatic carbocycles. The number of fused-ring (bicyclic) bond motifs is 1. The first kappa shape index (κ1) is 21.3. The van der Waals surface area contributed by atoms with E-state index in [1.165, 1.54) is 11.8 Å². The average Bonchev–Trinajstić information content (AvgIpc) is 3.12. The number of carbonyl (C=O) groups is 1. The number of anilines is 1. The summed E-state index contributed by atoms with van der Waals surface area (Å²) in [7, 11) is 1.64. The van der Waals surface area contributed by atoms with E-state index in [-0.39, 0.29) is 11.7 Å². The summed E-state index contributed by atoms with van der Waals surface area (Å²) in [6.45, 7) is 5.98. The van der Waals surface area contributed by atoms with E-state index >= 15 is 0 Å². The molecule has 0 saturated carbocycles. The van der Waals surface area contributed by atoms with Gasteiger partial charge in [-0.1, -0.05) is 30.0 Å². The molecule has 2 heterocycles. The summed E-state index contributed by atoms with van der Waals surface area (Å²) in [6, 6.07) is 13.7. The number of nitrogens with one attached hydrogen (secondary N) is 1. The number of carbonyl (C=O) groups excluding carboxylic acids is 1. The Morgan fingerprint density at radius 3 is 2.61 bits per heavy atom. The van der Waals surface area contributed by atoms with Crippen LogP contribution in [0, 0.1) is 20.8 Å². The molecule has 4 aromatic rings. The third-order valence-electron chi connectivity index (χ3n) is 4.58. The highest BCUT2D eigenvalue weighted by Gasteiger charge is 2.17. The summed E-state index contributed by atoms with van der Waals surface area (Å²) < 4.78 is 6.29. The SMILES string of the molecule is COc1cccc(-c2nnc(SCC(=O)Nc3cc(C)cc(C)c3)c3nc(C)sc23)c1. The molecule has 0 radical (unpaired) electrons. The zero-order valence-electron chi connectivity index (χ0n) is 17.7. The van der Waals surface area contributed by atoms with Crippen molar-refractivity contribution >= 4 is 44.9 Å². The Bertz CT molecular complexity index is 1250. The zero-order chi connectivity index (χ0) is 22.0. The first-order chi connectivity index (χ1) is 14.9. The van der Waals surface area contributed by atoms with Gasteiger partial charge >= 0.3 is 0 Å². The predicted octanol–water partition coefficient (Wildman–Crippen LogP) is 5.42. The van der Waals surface area contributed by atoms with Crippen LogP contribution in [-0.4, -0.2) is 34.0 Å². The van der Waals surface area contributed by atoms with Gasteiger partial charge in [0.1, 0.15) is 22.0 Å². The van der Waals surface area contributed by atoms with Gasteiger partial charge < -0.3 is 10.1 Å². The predicted molar refractivity (Wildman–Crippen MR) is 127 cm³/mol. The van der Waals surface area contributed by atoms with Crippen LogP contribution in [0.5, 0.6) is 5.75 Å². The lowest BCUT2D eigenvalue weighted by Crippen LogP contribution is -2.14. The van der Waals surface area contributed by atoms with E-state index in [2.05, 4.69) is 26.6 Å². The maximum atomic E-state index is 12.5. The molecule has 0 unspecified atom stereocenters. The fraction of sp³-hybridized carbons (Fsp3) is 0.217. The van der Waals surface area contributed by atoms with Crippen LogP contribution < -0.4 is 10.1 Å². The molecule has 0 spiro atoms. The molecule has 2 aromatic heterocycles. The minimum atomic E-state index is -0.0891. The Morgan fingerprint density at radius 1 is 1.10 bits per heavy atom. The van der Waals surface area contributed by atoms with Crippen LogP contribution >= 0.6 is 23.1 Å². The zero-order valence-corrected chi connectivity index (χ0v) is 19.4. The number of thiazole rings is 1. The van der Waals surface area contributed by atoms with E-state index < -0.39 is 0 Å². The molecule has 31 heavy (non-hydrogen) atoms. The summed E-state index contributed by atoms with van der Waals surface area (Å²) >= 11 is 2.92. The number of aryl methyl sites for hydroxylation is 3. The standard InChI is InChI=1S/C23H22N4O2S2/c1-13-8-14(2)10-17(9-13)25-19(28)12-30-23-21-22(31-15(3)24-21)20(26-27-23)16-6-5-7-18(11-16)29-4/h5-11H,12H2,1-4H3,(H,25,28). The maximum Gasteiger partial charge on any atom is 0.234 e. The number of aromatic nitrogens is 3. The van der Waals surface area contributed by atoms with Crippen LogP contribution in [-0.2, 0) is 4.79 Å². The Balaban J connectivity index is 1.56. The highest BCUT2D eigenvalue weighted by molar-refractivity contribution is 8.00. The van der Waals surface area contributed by atoms with Crippen LogP contribution in [0.1, 0.15) is 16.1 Å². The summed E-state index contributed by atoms with van der Waals surface area (Å²) in [6.07, 6.45) is 0. The van der Waals surface area contributed by atoms with E-state index in [9.17, 15) is 4.79 Å². The molecule has 8 heteroatoms. The summed E-state index contributed by atoms with van der Waals surface area (Å²) in [5, 5.41) is 13.4. The molecule has 0 aliphatic rings. The molecule has 1 N–H and O–H groups in total. The van der Waals surface area contributed by atoms with Crippen molar-refractivity contribution in [2.75, 3.05) is 18.2 Å². The monoisotopic (exact) mass is 450 g/mol. The molecule has 0 fully saturated rings. The normalized spacial score (nSPS) is 11.0. The van der Waals surface area contributed by atoms with Gasteiger partial charge in [0, 0.05) is 11.3 Å². The van der Waals surface area contributed by atoms with E-state index in [1.807, 2.05) is 57.2 Å². The molecule has 0 aliphatic carbocycles. The largest absolute Gasteiger partial charge is 0.497 e. The van der Waals surface area contributed by atoms with Gasteiger partial charge in [-0.2, -0.15) is 0 Å². The number of hydrogen-bond acceptors (Lipinski definition) is 7. The second kappa shape index (κ2) is 9.03. The summed E-state index contributed by atoms with van der Waals surface area (Å²) in [5.74, 6) is 0.898. The van der Waals surface area contributed by atoms with Gasteiger partial charge in [-0.25, -0.2) is 4.98 Å². The summed E-state index contributed by atoms with van der Waals surface area (Å²) in [5.41, 5.74) is 5.49. The lowest BCUT2D eigenvalue weighted by Gasteiger charge is -2.08. The van der Waals surface area contributed by atoms with Crippen molar-refractivity contribution in [1.29, 1.82) is 0 Å². The number of nitrogens with zero attached hydrogens (tertiary/aromatic N) is 3. The molecule has 158 valence electrons. The van der Waals surface area contributed by atoms with E-state index in [4.69, 9.17) is 4.74 Å². The number of hydrogen-bond donors (Lipinski definition) is 1. The van der Waals surface area contributed by atoms with Crippen molar-refractivity contribution in [2.45, 2.75) is 25.8 Å². The van der Waals surface area contributed by atoms with Gasteiger partial charge in [0.25, 0.3) is 0 Å². The van der Waals surface area contributed by atoms with Crippen molar-refractivity contribution in [1.82, 2.24) is 15.2 Å². The Labute approximate surface area is 189 Å². The smallest absolute Gasteiger partial charge is 0.234 e. The number of thioether (sulfide) groups is 1. The van der Waals surface area contributed by atoms with Crippen molar-refractivity contribution in [2.24, 2.45) is 0 Å². The Hall–Kier alpha value is -2.97. The highest BCUT2D eigenvalue weighted by Crippen LogP contribution is 2.36. The van der Waals surface area contributed by atoms with Gasteiger partial charge in [0.15, 0.2) is 0 Å². The van der Waals surface area contributed by atoms with Crippen molar-refractivity contribution in [3.8, 4) is 17.0 Å². The molecule has 0 saturated heterocycles. The molecule has 6 nitrogen and oxygen atoms in total. The number of amides is 1. The lowest BCUT2D eigenvalue weighted by atomic mass is 10.1. The van der Waals surface area contributed by atoms with Gasteiger partial charge in [-0.05, 0) is 56.2 Å². The second-order valence-electron chi connectivity index (χ2n) is 7.21. The van der Waals surface area contributed by atoms with Crippen molar-refractivity contribution in [3.05, 3.63) is 58.6 Å². The minimum Gasteiger partial charge on any atom is -0.497 e. The summed E-state index contributed by atoms with van der Waals surface area (Å²) in [4.78, 5) is 17.2. The van der Waals surface area contributed by atoms with Crippen LogP contribution in [0.3, 0.4) is 0 Å². The molecule has 0 aliphatic heterocycles. The quantitative estimate of drug-likeness (QED) is 0.395. The van der Waals surface area contributed by atoms with Crippen LogP contribution in [0.4, 0.5) is 5.69 Å². The maximum absolute atomic E-state index is 12.5. The first-order valence-corrected chi connectivity index (χ1v) is 11.5. The molecule has 1 amide bonds. The van der Waals surface area contributed by atoms with E-state index in [0.29, 0.717) is 5.03 Å². The van der Waals surface area contributed by atoms with E-state index in [1.54, 1.807) is 18.4 Å². The molecule has 0 atom stereocenters. The Kier molecular flexibility index (Phi) is 6.20. The average molecular weight is 451 g/mol. The first-order valence-electron chi connectivity index (χ1n) is 9.72. The van der Waals surface area contributed by atoms with Gasteiger partial charge in [-0.3, -0.25) is 4.79 Å². The number of benzene rings is 2. The van der Waals surface area contributed by atoms with Gasteiger partial charge in [-0.15, -0.1) is 21.5 Å². The highest BCUT2D eigenvalue weighted by atomic mass is 32.2. The minimum absolute atomic E-state index is 0.0891. The third-order valence-corrected chi connectivity index (χ3v) is 6.51. The number of ether oxygens (including phenoxy) is 1. The third kappa shape index (κ3) is 4.86. The molecule has 0 bridgehead atoms. The fourth-order valence-electron chi connectivity index (χ4n) is 3.35. The van der Waals surface area contributed by atoms with Crippen LogP contribution in [0.2, 0.25) is 0 Å². The van der Waals surface area contributed by atoms with Gasteiger partial charge in [0.05, 0.1) is 22.6 Å². The Morgan fingerprint density at radius 2 is 1.87 bits per heavy atom. The second-order valence-corrected chi connectivity index (χ2v) is 9.38. The van der Waals surface area contributed by atoms with Crippen molar-refractivity contribution in [3.63, 3.8) is 0 Å². The lowest BCUT2D eigenvalue weighted by molar-refractivity contribution is -0.113. The molecular formula is C23H22N4O2S2. The number of rotatable bonds is 6. The van der Waals surface area contributed by atoms with E-state index in [0.717, 1.165) is 49.0 Å². The van der Waals surface area contributed by atoms with Gasteiger partial charge in [0.2, 0.25) is 5.91 Å².